The van der Waals surface area contributed by atoms with Gasteiger partial charge in [-0.3, -0.25) is 4.79 Å². The summed E-state index contributed by atoms with van der Waals surface area (Å²) in [5, 5.41) is 6.50. The number of carbonyl (C=O) groups is 1. The van der Waals surface area contributed by atoms with Crippen LogP contribution in [0.25, 0.3) is 0 Å². The molecule has 1 rings (SSSR count). The van der Waals surface area contributed by atoms with E-state index in [-0.39, 0.29) is 5.91 Å². The molecule has 3 nitrogen and oxygen atoms in total. The fourth-order valence-corrected chi connectivity index (χ4v) is 3.40. The van der Waals surface area contributed by atoms with Gasteiger partial charge in [0.1, 0.15) is 0 Å². The van der Waals surface area contributed by atoms with E-state index < -0.39 is 0 Å². The van der Waals surface area contributed by atoms with Gasteiger partial charge in [0.05, 0.1) is 0 Å². The second-order valence-electron chi connectivity index (χ2n) is 7.25. The molecule has 2 N–H and O–H groups in total. The molecule has 0 bridgehead atoms. The first-order valence-corrected chi connectivity index (χ1v) is 10.3. The molecule has 23 heavy (non-hydrogen) atoms. The molecule has 0 spiro atoms. The quantitative estimate of drug-likeness (QED) is 0.444. The lowest BCUT2D eigenvalue weighted by Gasteiger charge is -2.23. The van der Waals surface area contributed by atoms with Crippen molar-refractivity contribution in [2.75, 3.05) is 13.1 Å². The van der Waals surface area contributed by atoms with Gasteiger partial charge in [-0.15, -0.1) is 0 Å². The van der Waals surface area contributed by atoms with Crippen molar-refractivity contribution < 1.29 is 4.79 Å². The van der Waals surface area contributed by atoms with Crippen molar-refractivity contribution in [3.05, 3.63) is 0 Å². The molecule has 1 saturated heterocycles. The minimum absolute atomic E-state index is 0.255. The van der Waals surface area contributed by atoms with Crippen LogP contribution in [0.3, 0.4) is 0 Å². The Kier molecular flexibility index (Phi) is 13.3. The van der Waals surface area contributed by atoms with Crippen LogP contribution >= 0.6 is 0 Å². The molecule has 1 aliphatic rings. The highest BCUT2D eigenvalue weighted by molar-refractivity contribution is 5.76. The highest BCUT2D eigenvalue weighted by atomic mass is 16.1. The number of piperidine rings is 1. The Hall–Kier alpha value is -0.570. The van der Waals surface area contributed by atoms with Gasteiger partial charge in [0, 0.05) is 19.0 Å². The molecule has 1 aliphatic heterocycles. The molecule has 1 fully saturated rings. The zero-order chi connectivity index (χ0) is 16.6. The van der Waals surface area contributed by atoms with Gasteiger partial charge in [0.2, 0.25) is 5.91 Å². The number of nitrogens with one attached hydrogen (secondary N) is 2. The SMILES string of the molecule is CCCCCCCCCCCCCCC(=O)N[C@@H]1CCCNC1. The van der Waals surface area contributed by atoms with Crippen LogP contribution in [0.5, 0.6) is 0 Å². The molecule has 1 atom stereocenters. The normalized spacial score (nSPS) is 18.0. The summed E-state index contributed by atoms with van der Waals surface area (Å²) in [7, 11) is 0. The molecule has 0 radical (unpaired) electrons. The Morgan fingerprint density at radius 1 is 0.913 bits per heavy atom. The molecule has 0 aliphatic carbocycles. The van der Waals surface area contributed by atoms with Crippen molar-refractivity contribution in [1.82, 2.24) is 10.6 Å². The van der Waals surface area contributed by atoms with E-state index in [0.717, 1.165) is 25.9 Å². The number of hydrogen-bond donors (Lipinski definition) is 2. The van der Waals surface area contributed by atoms with Crippen molar-refractivity contribution in [2.24, 2.45) is 0 Å². The van der Waals surface area contributed by atoms with E-state index in [9.17, 15) is 4.79 Å². The van der Waals surface area contributed by atoms with E-state index >= 15 is 0 Å². The van der Waals surface area contributed by atoms with E-state index in [1.54, 1.807) is 0 Å². The van der Waals surface area contributed by atoms with Gasteiger partial charge in [-0.1, -0.05) is 77.6 Å². The van der Waals surface area contributed by atoms with Crippen LogP contribution in [0.1, 0.15) is 103 Å². The summed E-state index contributed by atoms with van der Waals surface area (Å²) in [4.78, 5) is 11.9. The summed E-state index contributed by atoms with van der Waals surface area (Å²) in [5.74, 6) is 0.255. The second-order valence-corrected chi connectivity index (χ2v) is 7.25. The van der Waals surface area contributed by atoms with E-state index in [4.69, 9.17) is 0 Å². The average Bonchev–Trinajstić information content (AvgIpc) is 2.57. The van der Waals surface area contributed by atoms with Crippen LogP contribution in [-0.4, -0.2) is 25.0 Å². The maximum atomic E-state index is 11.9. The van der Waals surface area contributed by atoms with Crippen molar-refractivity contribution in [1.29, 1.82) is 0 Å². The van der Waals surface area contributed by atoms with Crippen LogP contribution in [0.15, 0.2) is 0 Å². The average molecular weight is 325 g/mol. The van der Waals surface area contributed by atoms with Gasteiger partial charge in [0.15, 0.2) is 0 Å². The summed E-state index contributed by atoms with van der Waals surface area (Å²) in [5.41, 5.74) is 0. The molecular formula is C20H40N2O. The minimum Gasteiger partial charge on any atom is -0.352 e. The zero-order valence-electron chi connectivity index (χ0n) is 15.5. The molecular weight excluding hydrogens is 284 g/mol. The third kappa shape index (κ3) is 12.5. The monoisotopic (exact) mass is 324 g/mol. The van der Waals surface area contributed by atoms with Crippen molar-refractivity contribution in [3.63, 3.8) is 0 Å². The first-order chi connectivity index (χ1) is 11.3. The van der Waals surface area contributed by atoms with Gasteiger partial charge < -0.3 is 10.6 Å². The fourth-order valence-electron chi connectivity index (χ4n) is 3.40. The van der Waals surface area contributed by atoms with Crippen molar-refractivity contribution in [2.45, 2.75) is 109 Å². The fraction of sp³-hybridized carbons (Fsp3) is 0.950. The lowest BCUT2D eigenvalue weighted by Crippen LogP contribution is -2.45. The third-order valence-corrected chi connectivity index (χ3v) is 4.92. The van der Waals surface area contributed by atoms with Crippen molar-refractivity contribution in [3.8, 4) is 0 Å². The largest absolute Gasteiger partial charge is 0.352 e. The van der Waals surface area contributed by atoms with Crippen LogP contribution < -0.4 is 10.6 Å². The summed E-state index contributed by atoms with van der Waals surface area (Å²) < 4.78 is 0. The molecule has 1 heterocycles. The zero-order valence-corrected chi connectivity index (χ0v) is 15.5. The highest BCUT2D eigenvalue weighted by Crippen LogP contribution is 2.12. The molecule has 136 valence electrons. The van der Waals surface area contributed by atoms with Gasteiger partial charge in [0.25, 0.3) is 0 Å². The maximum Gasteiger partial charge on any atom is 0.220 e. The van der Waals surface area contributed by atoms with Gasteiger partial charge in [-0.2, -0.15) is 0 Å². The number of hydrogen-bond acceptors (Lipinski definition) is 2. The lowest BCUT2D eigenvalue weighted by molar-refractivity contribution is -0.122. The smallest absolute Gasteiger partial charge is 0.220 e. The second kappa shape index (κ2) is 15.0. The summed E-state index contributed by atoms with van der Waals surface area (Å²) in [6.07, 6.45) is 19.2. The molecule has 0 aromatic rings. The number of rotatable bonds is 14. The standard InChI is InChI=1S/C20H40N2O/c1-2-3-4-5-6-7-8-9-10-11-12-13-16-20(23)22-19-15-14-17-21-18-19/h19,21H,2-18H2,1H3,(H,22,23)/t19-/m1/s1. The van der Waals surface area contributed by atoms with E-state index in [1.165, 1.54) is 77.0 Å². The molecule has 0 aromatic heterocycles. The van der Waals surface area contributed by atoms with Gasteiger partial charge in [-0.05, 0) is 25.8 Å². The minimum atomic E-state index is 0.255. The summed E-state index contributed by atoms with van der Waals surface area (Å²) >= 11 is 0. The Bertz CT molecular complexity index is 275. The third-order valence-electron chi connectivity index (χ3n) is 4.92. The number of amides is 1. The van der Waals surface area contributed by atoms with Gasteiger partial charge >= 0.3 is 0 Å². The van der Waals surface area contributed by atoms with E-state index in [0.29, 0.717) is 12.5 Å². The Labute approximate surface area is 144 Å². The Morgan fingerprint density at radius 3 is 2.00 bits per heavy atom. The summed E-state index contributed by atoms with van der Waals surface area (Å²) in [6.45, 7) is 4.33. The molecule has 0 saturated carbocycles. The maximum absolute atomic E-state index is 11.9. The lowest BCUT2D eigenvalue weighted by atomic mass is 10.0. The predicted molar refractivity (Wildman–Crippen MR) is 99.7 cm³/mol. The first kappa shape index (κ1) is 20.5. The Balaban J connectivity index is 1.77. The molecule has 3 heteroatoms. The first-order valence-electron chi connectivity index (χ1n) is 10.3. The summed E-state index contributed by atoms with van der Waals surface area (Å²) in [6, 6.07) is 0.369. The molecule has 0 unspecified atom stereocenters. The van der Waals surface area contributed by atoms with Crippen LogP contribution in [0.4, 0.5) is 0 Å². The highest BCUT2D eigenvalue weighted by Gasteiger charge is 2.14. The topological polar surface area (TPSA) is 41.1 Å². The Morgan fingerprint density at radius 2 is 1.48 bits per heavy atom. The van der Waals surface area contributed by atoms with Crippen LogP contribution in [0.2, 0.25) is 0 Å². The number of unbranched alkanes of at least 4 members (excludes halogenated alkanes) is 11. The number of carbonyl (C=O) groups excluding carboxylic acids is 1. The molecule has 1 amide bonds. The van der Waals surface area contributed by atoms with E-state index in [2.05, 4.69) is 17.6 Å². The molecule has 0 aromatic carbocycles. The van der Waals surface area contributed by atoms with Crippen LogP contribution in [0, 0.1) is 0 Å². The predicted octanol–water partition coefficient (Wildman–Crippen LogP) is 4.95. The van der Waals surface area contributed by atoms with Gasteiger partial charge in [-0.25, -0.2) is 0 Å². The van der Waals surface area contributed by atoms with E-state index in [1.807, 2.05) is 0 Å². The van der Waals surface area contributed by atoms with Crippen molar-refractivity contribution >= 4 is 5.91 Å². The van der Waals surface area contributed by atoms with Crippen LogP contribution in [-0.2, 0) is 4.79 Å².